The van der Waals surface area contributed by atoms with Crippen LogP contribution in [-0.2, 0) is 0 Å². The highest BCUT2D eigenvalue weighted by Gasteiger charge is 2.04. The number of hydrogen-bond acceptors (Lipinski definition) is 4. The summed E-state index contributed by atoms with van der Waals surface area (Å²) < 4.78 is 7.65. The second-order valence-corrected chi connectivity index (χ2v) is 6.29. The van der Waals surface area contributed by atoms with Crippen LogP contribution in [0.15, 0.2) is 51.9 Å². The molecule has 1 heterocycles. The molecule has 0 fully saturated rings. The van der Waals surface area contributed by atoms with Crippen molar-refractivity contribution in [2.45, 2.75) is 6.92 Å². The monoisotopic (exact) mass is 360 g/mol. The first-order valence-electron chi connectivity index (χ1n) is 6.57. The average molecular weight is 361 g/mol. The predicted octanol–water partition coefficient (Wildman–Crippen LogP) is 5.21. The van der Waals surface area contributed by atoms with Crippen LogP contribution in [0.4, 0.5) is 5.13 Å². The van der Waals surface area contributed by atoms with Crippen molar-refractivity contribution < 1.29 is 4.74 Å². The molecule has 0 amide bonds. The number of nitrogens with zero attached hydrogens (tertiary/aromatic N) is 2. The molecule has 1 aromatic heterocycles. The van der Waals surface area contributed by atoms with Gasteiger partial charge in [-0.2, -0.15) is 0 Å². The van der Waals surface area contributed by atoms with E-state index in [-0.39, 0.29) is 0 Å². The van der Waals surface area contributed by atoms with Crippen molar-refractivity contribution in [2.24, 2.45) is 4.99 Å². The van der Waals surface area contributed by atoms with Gasteiger partial charge in [-0.3, -0.25) is 0 Å². The molecule has 2 aromatic carbocycles. The van der Waals surface area contributed by atoms with Crippen LogP contribution < -0.4 is 4.74 Å². The van der Waals surface area contributed by atoms with E-state index in [0.717, 1.165) is 31.1 Å². The Morgan fingerprint density at radius 1 is 1.24 bits per heavy atom. The second kappa shape index (κ2) is 6.37. The zero-order chi connectivity index (χ0) is 14.7. The Morgan fingerprint density at radius 2 is 2.05 bits per heavy atom. The summed E-state index contributed by atoms with van der Waals surface area (Å²) in [6, 6.07) is 13.9. The minimum Gasteiger partial charge on any atom is -0.494 e. The largest absolute Gasteiger partial charge is 0.494 e. The summed E-state index contributed by atoms with van der Waals surface area (Å²) in [5.41, 5.74) is 2.00. The second-order valence-electron chi connectivity index (χ2n) is 4.37. The zero-order valence-electron chi connectivity index (χ0n) is 11.4. The summed E-state index contributed by atoms with van der Waals surface area (Å²) in [5.74, 6) is 0.872. The van der Waals surface area contributed by atoms with Crippen molar-refractivity contribution in [3.63, 3.8) is 0 Å². The third-order valence-corrected chi connectivity index (χ3v) is 4.31. The maximum Gasteiger partial charge on any atom is 0.210 e. The number of ether oxygens (including phenoxy) is 1. The molecule has 0 aliphatic carbocycles. The average Bonchev–Trinajstić information content (AvgIpc) is 2.89. The summed E-state index contributed by atoms with van der Waals surface area (Å²) in [4.78, 5) is 8.95. The lowest BCUT2D eigenvalue weighted by Crippen LogP contribution is -1.89. The molecule has 0 aliphatic heterocycles. The number of fused-ring (bicyclic) bond motifs is 1. The Hall–Kier alpha value is -1.72. The van der Waals surface area contributed by atoms with Gasteiger partial charge in [-0.05, 0) is 42.8 Å². The molecule has 0 bridgehead atoms. The summed E-state index contributed by atoms with van der Waals surface area (Å²) in [6.07, 6.45) is 1.83. The fourth-order valence-electron chi connectivity index (χ4n) is 1.88. The lowest BCUT2D eigenvalue weighted by atomic mass is 10.2. The Morgan fingerprint density at radius 3 is 2.81 bits per heavy atom. The molecule has 0 radical (unpaired) electrons. The van der Waals surface area contributed by atoms with Gasteiger partial charge in [0.15, 0.2) is 0 Å². The van der Waals surface area contributed by atoms with Crippen molar-refractivity contribution >= 4 is 48.8 Å². The molecule has 106 valence electrons. The van der Waals surface area contributed by atoms with Gasteiger partial charge in [0.25, 0.3) is 0 Å². The smallest absolute Gasteiger partial charge is 0.210 e. The minimum absolute atomic E-state index is 0.666. The van der Waals surface area contributed by atoms with Crippen LogP contribution in [0.5, 0.6) is 5.75 Å². The highest BCUT2D eigenvalue weighted by Crippen LogP contribution is 2.30. The molecule has 0 spiro atoms. The van der Waals surface area contributed by atoms with Gasteiger partial charge in [-0.1, -0.05) is 39.4 Å². The SMILES string of the molecule is CCOc1ccc2nc(/N=C/c3ccc(Br)cc3)sc2c1. The third kappa shape index (κ3) is 3.49. The highest BCUT2D eigenvalue weighted by atomic mass is 79.9. The predicted molar refractivity (Wildman–Crippen MR) is 92.2 cm³/mol. The topological polar surface area (TPSA) is 34.5 Å². The van der Waals surface area contributed by atoms with Crippen molar-refractivity contribution in [2.75, 3.05) is 6.61 Å². The van der Waals surface area contributed by atoms with Crippen LogP contribution in [0, 0.1) is 0 Å². The maximum absolute atomic E-state index is 5.50. The van der Waals surface area contributed by atoms with Crippen molar-refractivity contribution in [3.8, 4) is 5.75 Å². The lowest BCUT2D eigenvalue weighted by molar-refractivity contribution is 0.341. The first kappa shape index (κ1) is 14.2. The number of aliphatic imine (C=N–C) groups is 1. The molecule has 0 N–H and O–H groups in total. The minimum atomic E-state index is 0.666. The van der Waals surface area contributed by atoms with E-state index in [1.165, 1.54) is 0 Å². The molecule has 5 heteroatoms. The van der Waals surface area contributed by atoms with Crippen LogP contribution in [0.25, 0.3) is 10.2 Å². The number of rotatable bonds is 4. The fourth-order valence-corrected chi connectivity index (χ4v) is 2.99. The number of benzene rings is 2. The van der Waals surface area contributed by atoms with Gasteiger partial charge in [0, 0.05) is 10.7 Å². The maximum atomic E-state index is 5.50. The summed E-state index contributed by atoms with van der Waals surface area (Å²) in [5, 5.41) is 0.751. The zero-order valence-corrected chi connectivity index (χ0v) is 13.8. The molecule has 21 heavy (non-hydrogen) atoms. The molecule has 3 aromatic rings. The Bertz CT molecular complexity index is 781. The van der Waals surface area contributed by atoms with Crippen molar-refractivity contribution in [3.05, 3.63) is 52.5 Å². The first-order valence-corrected chi connectivity index (χ1v) is 8.18. The quantitative estimate of drug-likeness (QED) is 0.598. The molecule has 0 unspecified atom stereocenters. The molecular formula is C16H13BrN2OS. The molecule has 0 atom stereocenters. The Kier molecular flexibility index (Phi) is 4.31. The summed E-state index contributed by atoms with van der Waals surface area (Å²) in [7, 11) is 0. The van der Waals surface area contributed by atoms with Crippen molar-refractivity contribution in [1.82, 2.24) is 4.98 Å². The van der Waals surface area contributed by atoms with Gasteiger partial charge in [0.1, 0.15) is 5.75 Å². The number of halogens is 1. The van der Waals surface area contributed by atoms with E-state index in [0.29, 0.717) is 6.61 Å². The van der Waals surface area contributed by atoms with Crippen LogP contribution in [0.3, 0.4) is 0 Å². The van der Waals surface area contributed by atoms with Crippen LogP contribution in [0.1, 0.15) is 12.5 Å². The number of aromatic nitrogens is 1. The van der Waals surface area contributed by atoms with Gasteiger partial charge >= 0.3 is 0 Å². The van der Waals surface area contributed by atoms with E-state index in [9.17, 15) is 0 Å². The number of hydrogen-bond donors (Lipinski definition) is 0. The molecule has 0 saturated heterocycles. The van der Waals surface area contributed by atoms with Crippen LogP contribution >= 0.6 is 27.3 Å². The molecule has 0 aliphatic rings. The molecular weight excluding hydrogens is 348 g/mol. The normalized spacial score (nSPS) is 11.3. The van der Waals surface area contributed by atoms with Crippen LogP contribution in [-0.4, -0.2) is 17.8 Å². The standard InChI is InChI=1S/C16H13BrN2OS/c1-2-20-13-7-8-14-15(9-13)21-16(19-14)18-10-11-3-5-12(17)6-4-11/h3-10H,2H2,1H3/b18-10+. The van der Waals surface area contributed by atoms with E-state index >= 15 is 0 Å². The van der Waals surface area contributed by atoms with E-state index < -0.39 is 0 Å². The molecule has 3 rings (SSSR count). The van der Waals surface area contributed by atoms with Crippen LogP contribution in [0.2, 0.25) is 0 Å². The van der Waals surface area contributed by atoms with Gasteiger partial charge in [-0.25, -0.2) is 9.98 Å². The number of thiazole rings is 1. The Balaban J connectivity index is 1.85. The molecule has 3 nitrogen and oxygen atoms in total. The van der Waals surface area contributed by atoms with Gasteiger partial charge < -0.3 is 4.74 Å². The molecule has 0 saturated carbocycles. The van der Waals surface area contributed by atoms with Gasteiger partial charge in [0.2, 0.25) is 5.13 Å². The van der Waals surface area contributed by atoms with Gasteiger partial charge in [0.05, 0.1) is 16.8 Å². The van der Waals surface area contributed by atoms with Gasteiger partial charge in [-0.15, -0.1) is 0 Å². The van der Waals surface area contributed by atoms with E-state index in [4.69, 9.17) is 4.74 Å². The van der Waals surface area contributed by atoms with Crippen molar-refractivity contribution in [1.29, 1.82) is 0 Å². The van der Waals surface area contributed by atoms with E-state index in [2.05, 4.69) is 25.9 Å². The van der Waals surface area contributed by atoms with E-state index in [1.54, 1.807) is 11.3 Å². The third-order valence-electron chi connectivity index (χ3n) is 2.85. The fraction of sp³-hybridized carbons (Fsp3) is 0.125. The summed E-state index contributed by atoms with van der Waals surface area (Å²) >= 11 is 4.98. The highest BCUT2D eigenvalue weighted by molar-refractivity contribution is 9.10. The van der Waals surface area contributed by atoms with E-state index in [1.807, 2.05) is 55.6 Å². The lowest BCUT2D eigenvalue weighted by Gasteiger charge is -2.00. The summed E-state index contributed by atoms with van der Waals surface area (Å²) in [6.45, 7) is 2.64. The first-order chi connectivity index (χ1) is 10.2. The Labute approximate surface area is 135 Å².